The maximum atomic E-state index is 13.0. The van der Waals surface area contributed by atoms with Gasteiger partial charge < -0.3 is 4.90 Å². The molecular weight excluding hydrogens is 428 g/mol. The van der Waals surface area contributed by atoms with Crippen LogP contribution in [0.1, 0.15) is 38.1 Å². The highest BCUT2D eigenvalue weighted by molar-refractivity contribution is 8.00. The topological polar surface area (TPSA) is 51.0 Å². The van der Waals surface area contributed by atoms with Crippen LogP contribution in [0.5, 0.6) is 0 Å². The monoisotopic (exact) mass is 454 g/mol. The Morgan fingerprint density at radius 1 is 1.10 bits per heavy atom. The number of carbonyl (C=O) groups is 1. The number of aromatic nitrogens is 3. The lowest BCUT2D eigenvalue weighted by Gasteiger charge is -2.32. The summed E-state index contributed by atoms with van der Waals surface area (Å²) >= 11 is 7.58. The molecule has 4 rings (SSSR count). The average Bonchev–Trinajstić information content (AvgIpc) is 3.17. The van der Waals surface area contributed by atoms with E-state index in [0.717, 1.165) is 48.2 Å². The Kier molecular flexibility index (Phi) is 6.98. The minimum Gasteiger partial charge on any atom is -0.342 e. The summed E-state index contributed by atoms with van der Waals surface area (Å²) < 4.78 is 2.04. The van der Waals surface area contributed by atoms with E-state index in [2.05, 4.69) is 29.3 Å². The number of hydrogen-bond acceptors (Lipinski definition) is 4. The van der Waals surface area contributed by atoms with Gasteiger partial charge in [-0.25, -0.2) is 0 Å². The quantitative estimate of drug-likeness (QED) is 0.477. The standard InChI is InChI=1S/C24H27ClN4OS/c1-17-12-14-28(15-13-17)23(30)18(2)31-24-27-26-22(16-19-6-4-3-5-7-19)29(24)21-10-8-20(25)9-11-21/h3-11,17-18H,12-16H2,1-2H3. The van der Waals surface area contributed by atoms with Gasteiger partial charge in [0, 0.05) is 30.2 Å². The van der Waals surface area contributed by atoms with Gasteiger partial charge in [-0.15, -0.1) is 10.2 Å². The molecule has 0 N–H and O–H groups in total. The molecule has 7 heteroatoms. The summed E-state index contributed by atoms with van der Waals surface area (Å²) in [5.74, 6) is 1.70. The number of carbonyl (C=O) groups excluding carboxylic acids is 1. The smallest absolute Gasteiger partial charge is 0.235 e. The predicted molar refractivity (Wildman–Crippen MR) is 126 cm³/mol. The summed E-state index contributed by atoms with van der Waals surface area (Å²) in [5, 5.41) is 10.1. The molecule has 162 valence electrons. The van der Waals surface area contributed by atoms with E-state index < -0.39 is 0 Å². The highest BCUT2D eigenvalue weighted by Crippen LogP contribution is 2.29. The van der Waals surface area contributed by atoms with Gasteiger partial charge in [-0.1, -0.05) is 60.6 Å². The molecule has 5 nitrogen and oxygen atoms in total. The molecule has 1 aliphatic rings. The molecule has 1 fully saturated rings. The maximum absolute atomic E-state index is 13.0. The Morgan fingerprint density at radius 2 is 1.77 bits per heavy atom. The van der Waals surface area contributed by atoms with Crippen molar-refractivity contribution in [3.8, 4) is 5.69 Å². The van der Waals surface area contributed by atoms with Crippen molar-refractivity contribution in [3.63, 3.8) is 0 Å². The fourth-order valence-corrected chi connectivity index (χ4v) is 4.91. The first-order valence-electron chi connectivity index (χ1n) is 10.7. The van der Waals surface area contributed by atoms with E-state index in [1.165, 1.54) is 11.8 Å². The van der Waals surface area contributed by atoms with Crippen LogP contribution in [0.2, 0.25) is 5.02 Å². The summed E-state index contributed by atoms with van der Waals surface area (Å²) in [4.78, 5) is 15.0. The Labute approximate surface area is 192 Å². The number of hydrogen-bond donors (Lipinski definition) is 0. The molecule has 1 unspecified atom stereocenters. The van der Waals surface area contributed by atoms with Crippen LogP contribution in [0, 0.1) is 5.92 Å². The molecule has 2 aromatic carbocycles. The van der Waals surface area contributed by atoms with Gasteiger partial charge in [-0.05, 0) is 55.5 Å². The lowest BCUT2D eigenvalue weighted by Crippen LogP contribution is -2.41. The first kappa shape index (κ1) is 21.9. The van der Waals surface area contributed by atoms with Gasteiger partial charge in [0.25, 0.3) is 0 Å². The average molecular weight is 455 g/mol. The lowest BCUT2D eigenvalue weighted by molar-refractivity contribution is -0.131. The number of nitrogens with zero attached hydrogens (tertiary/aromatic N) is 4. The molecule has 1 atom stereocenters. The summed E-state index contributed by atoms with van der Waals surface area (Å²) in [6, 6.07) is 17.9. The molecule has 1 saturated heterocycles. The molecule has 1 aliphatic heterocycles. The van der Waals surface area contributed by atoms with Crippen LogP contribution in [0.3, 0.4) is 0 Å². The largest absolute Gasteiger partial charge is 0.342 e. The first-order chi connectivity index (χ1) is 15.0. The van der Waals surface area contributed by atoms with E-state index in [9.17, 15) is 4.79 Å². The van der Waals surface area contributed by atoms with Crippen LogP contribution in [0.15, 0.2) is 59.8 Å². The van der Waals surface area contributed by atoms with Gasteiger partial charge in [0.05, 0.1) is 5.25 Å². The van der Waals surface area contributed by atoms with Crippen molar-refractivity contribution >= 4 is 29.3 Å². The summed E-state index contributed by atoms with van der Waals surface area (Å²) in [5.41, 5.74) is 2.10. The zero-order valence-corrected chi connectivity index (χ0v) is 19.4. The van der Waals surface area contributed by atoms with Crippen LogP contribution < -0.4 is 0 Å². The van der Waals surface area contributed by atoms with Crippen molar-refractivity contribution in [1.82, 2.24) is 19.7 Å². The summed E-state index contributed by atoms with van der Waals surface area (Å²) in [6.07, 6.45) is 2.81. The second-order valence-corrected chi connectivity index (χ2v) is 9.89. The van der Waals surface area contributed by atoms with E-state index in [0.29, 0.717) is 17.4 Å². The Hall–Kier alpha value is -2.31. The minimum atomic E-state index is -0.228. The third kappa shape index (κ3) is 5.31. The normalized spacial score (nSPS) is 15.8. The lowest BCUT2D eigenvalue weighted by atomic mass is 9.99. The second kappa shape index (κ2) is 9.88. The zero-order chi connectivity index (χ0) is 21.8. The van der Waals surface area contributed by atoms with Gasteiger partial charge in [0.15, 0.2) is 5.16 Å². The predicted octanol–water partition coefficient (Wildman–Crippen LogP) is 5.25. The van der Waals surface area contributed by atoms with Gasteiger partial charge in [0.2, 0.25) is 5.91 Å². The molecular formula is C24H27ClN4OS. The van der Waals surface area contributed by atoms with Crippen molar-refractivity contribution in [2.45, 2.75) is 43.5 Å². The van der Waals surface area contributed by atoms with Crippen molar-refractivity contribution in [2.24, 2.45) is 5.92 Å². The Balaban J connectivity index is 1.59. The van der Waals surface area contributed by atoms with Crippen molar-refractivity contribution in [1.29, 1.82) is 0 Å². The molecule has 0 saturated carbocycles. The molecule has 3 aromatic rings. The number of benzene rings is 2. The first-order valence-corrected chi connectivity index (χ1v) is 12.0. The van der Waals surface area contributed by atoms with Gasteiger partial charge in [-0.2, -0.15) is 0 Å². The molecule has 1 amide bonds. The number of amides is 1. The van der Waals surface area contributed by atoms with Gasteiger partial charge >= 0.3 is 0 Å². The van der Waals surface area contributed by atoms with Crippen molar-refractivity contribution in [2.75, 3.05) is 13.1 Å². The highest BCUT2D eigenvalue weighted by atomic mass is 35.5. The number of thioether (sulfide) groups is 1. The molecule has 1 aromatic heterocycles. The Morgan fingerprint density at radius 3 is 2.45 bits per heavy atom. The number of halogens is 1. The van der Waals surface area contributed by atoms with Crippen LogP contribution in [0.25, 0.3) is 5.69 Å². The maximum Gasteiger partial charge on any atom is 0.235 e. The SMILES string of the molecule is CC1CCN(C(=O)C(C)Sc2nnc(Cc3ccccc3)n2-c2ccc(Cl)cc2)CC1. The minimum absolute atomic E-state index is 0.173. The summed E-state index contributed by atoms with van der Waals surface area (Å²) in [7, 11) is 0. The van der Waals surface area contributed by atoms with E-state index in [1.807, 2.05) is 58.9 Å². The third-order valence-corrected chi connectivity index (χ3v) is 7.00. The van der Waals surface area contributed by atoms with Gasteiger partial charge in [-0.3, -0.25) is 9.36 Å². The van der Waals surface area contributed by atoms with Crippen molar-refractivity contribution < 1.29 is 4.79 Å². The molecule has 0 bridgehead atoms. The van der Waals surface area contributed by atoms with E-state index in [-0.39, 0.29) is 11.2 Å². The molecule has 0 spiro atoms. The van der Waals surface area contributed by atoms with E-state index >= 15 is 0 Å². The zero-order valence-electron chi connectivity index (χ0n) is 17.9. The highest BCUT2D eigenvalue weighted by Gasteiger charge is 2.27. The van der Waals surface area contributed by atoms with E-state index in [1.54, 1.807) is 0 Å². The van der Waals surface area contributed by atoms with Gasteiger partial charge in [0.1, 0.15) is 5.82 Å². The fraction of sp³-hybridized carbons (Fsp3) is 0.375. The molecule has 2 heterocycles. The van der Waals surface area contributed by atoms with Crippen molar-refractivity contribution in [3.05, 3.63) is 71.0 Å². The van der Waals surface area contributed by atoms with Crippen LogP contribution in [-0.2, 0) is 11.2 Å². The fourth-order valence-electron chi connectivity index (χ4n) is 3.81. The molecule has 0 radical (unpaired) electrons. The molecule has 31 heavy (non-hydrogen) atoms. The number of rotatable bonds is 6. The number of likely N-dealkylation sites (tertiary alicyclic amines) is 1. The molecule has 0 aliphatic carbocycles. The van der Waals surface area contributed by atoms with Crippen LogP contribution in [0.4, 0.5) is 0 Å². The number of piperidine rings is 1. The second-order valence-electron chi connectivity index (χ2n) is 8.14. The third-order valence-electron chi connectivity index (χ3n) is 5.72. The Bertz CT molecular complexity index is 1010. The van der Waals surface area contributed by atoms with Crippen LogP contribution in [-0.4, -0.2) is 43.9 Å². The summed E-state index contributed by atoms with van der Waals surface area (Å²) in [6.45, 7) is 5.90. The van der Waals surface area contributed by atoms with E-state index in [4.69, 9.17) is 11.6 Å². The van der Waals surface area contributed by atoms with Crippen LogP contribution >= 0.6 is 23.4 Å².